The Labute approximate surface area is 70.4 Å². The Morgan fingerprint density at radius 1 is 1.27 bits per heavy atom. The van der Waals surface area contributed by atoms with Crippen LogP contribution in [0.5, 0.6) is 0 Å². The maximum atomic E-state index is 8.52. The smallest absolute Gasteiger partial charge is 0.0652 e. The third-order valence-corrected chi connectivity index (χ3v) is 2.01. The Balaban J connectivity index is 3.31. The van der Waals surface area contributed by atoms with Crippen molar-refractivity contribution < 1.29 is 0 Å². The Morgan fingerprint density at radius 2 is 1.91 bits per heavy atom. The summed E-state index contributed by atoms with van der Waals surface area (Å²) in [7, 11) is 0. The molecule has 0 aromatic carbocycles. The van der Waals surface area contributed by atoms with Crippen LogP contribution in [0.2, 0.25) is 0 Å². The molecule has 0 N–H and O–H groups in total. The van der Waals surface area contributed by atoms with Crippen LogP contribution in [0.25, 0.3) is 0 Å². The minimum absolute atomic E-state index is 0.224. The van der Waals surface area contributed by atoms with E-state index in [1.165, 1.54) is 12.8 Å². The van der Waals surface area contributed by atoms with Crippen molar-refractivity contribution in [3.63, 3.8) is 0 Å². The Kier molecular flexibility index (Phi) is 5.93. The average Bonchev–Trinajstić information content (AvgIpc) is 2.01. The molecule has 0 saturated heterocycles. The summed E-state index contributed by atoms with van der Waals surface area (Å²) in [6.07, 6.45) is 4.42. The number of nitrogens with zero attached hydrogens (tertiary/aromatic N) is 1. The molecule has 0 aromatic rings. The number of nitriles is 1. The lowest BCUT2D eigenvalue weighted by molar-refractivity contribution is 0.450. The zero-order valence-corrected chi connectivity index (χ0v) is 7.64. The van der Waals surface area contributed by atoms with E-state index in [-0.39, 0.29) is 5.92 Å². The second kappa shape index (κ2) is 6.22. The van der Waals surface area contributed by atoms with Gasteiger partial charge in [0.2, 0.25) is 0 Å². The molecule has 0 aliphatic rings. The van der Waals surface area contributed by atoms with Gasteiger partial charge in [0.25, 0.3) is 0 Å². The highest BCUT2D eigenvalue weighted by Crippen LogP contribution is 2.15. The fraction of sp³-hybridized carbons (Fsp3) is 0.800. The maximum absolute atomic E-state index is 8.52. The van der Waals surface area contributed by atoms with E-state index in [9.17, 15) is 0 Å². The summed E-state index contributed by atoms with van der Waals surface area (Å²) in [6, 6.07) is 2.25. The van der Waals surface area contributed by atoms with Crippen LogP contribution >= 0.6 is 0 Å². The lowest BCUT2D eigenvalue weighted by Crippen LogP contribution is -1.98. The molecule has 0 spiro atoms. The fourth-order valence-corrected chi connectivity index (χ4v) is 1.09. The lowest BCUT2D eigenvalue weighted by atomic mass is 9.96. The van der Waals surface area contributed by atoms with E-state index in [0.29, 0.717) is 0 Å². The summed E-state index contributed by atoms with van der Waals surface area (Å²) in [6.45, 7) is 8.02. The van der Waals surface area contributed by atoms with Crippen LogP contribution in [0, 0.1) is 30.1 Å². The summed E-state index contributed by atoms with van der Waals surface area (Å²) < 4.78 is 0. The number of rotatable bonds is 5. The summed E-state index contributed by atoms with van der Waals surface area (Å²) in [5.41, 5.74) is 0. The molecule has 0 aliphatic carbocycles. The first-order valence-electron chi connectivity index (χ1n) is 4.39. The predicted molar refractivity (Wildman–Crippen MR) is 47.8 cm³/mol. The molecule has 0 heterocycles. The van der Waals surface area contributed by atoms with Crippen molar-refractivity contribution >= 4 is 0 Å². The van der Waals surface area contributed by atoms with E-state index >= 15 is 0 Å². The highest BCUT2D eigenvalue weighted by molar-refractivity contribution is 4.78. The summed E-state index contributed by atoms with van der Waals surface area (Å²) >= 11 is 0. The van der Waals surface area contributed by atoms with Crippen molar-refractivity contribution in [3.05, 3.63) is 6.92 Å². The third-order valence-electron chi connectivity index (χ3n) is 2.01. The van der Waals surface area contributed by atoms with Gasteiger partial charge in [-0.15, -0.1) is 0 Å². The zero-order valence-electron chi connectivity index (χ0n) is 7.64. The molecular weight excluding hydrogens is 134 g/mol. The van der Waals surface area contributed by atoms with E-state index in [2.05, 4.69) is 19.9 Å². The minimum Gasteiger partial charge on any atom is -0.198 e. The monoisotopic (exact) mass is 152 g/mol. The predicted octanol–water partition coefficient (Wildman–Crippen LogP) is 3.18. The molecule has 1 nitrogen and oxygen atoms in total. The molecular formula is C10H18N. The van der Waals surface area contributed by atoms with Crippen LogP contribution in [0.1, 0.15) is 39.5 Å². The van der Waals surface area contributed by atoms with Crippen molar-refractivity contribution in [1.82, 2.24) is 0 Å². The van der Waals surface area contributed by atoms with Gasteiger partial charge in [0.15, 0.2) is 0 Å². The SMILES string of the molecule is [CH2]CCC(C)CCC(C)C#N. The van der Waals surface area contributed by atoms with Crippen LogP contribution in [0.3, 0.4) is 0 Å². The molecule has 2 unspecified atom stereocenters. The van der Waals surface area contributed by atoms with E-state index < -0.39 is 0 Å². The van der Waals surface area contributed by atoms with Gasteiger partial charge in [-0.2, -0.15) is 5.26 Å². The molecule has 1 heteroatoms. The Hall–Kier alpha value is -0.510. The quantitative estimate of drug-likeness (QED) is 0.593. The highest BCUT2D eigenvalue weighted by atomic mass is 14.3. The van der Waals surface area contributed by atoms with Gasteiger partial charge in [-0.05, 0) is 25.7 Å². The minimum atomic E-state index is 0.224. The number of hydrogen-bond donors (Lipinski definition) is 0. The van der Waals surface area contributed by atoms with Crippen LogP contribution in [0.15, 0.2) is 0 Å². The normalized spacial score (nSPS) is 15.5. The molecule has 63 valence electrons. The standard InChI is InChI=1S/C10H18N/c1-4-5-9(2)6-7-10(3)8-11/h9-10H,1,4-7H2,2-3H3. The number of hydrogen-bond acceptors (Lipinski definition) is 1. The van der Waals surface area contributed by atoms with Gasteiger partial charge in [0.1, 0.15) is 0 Å². The van der Waals surface area contributed by atoms with Crippen molar-refractivity contribution in [3.8, 4) is 6.07 Å². The van der Waals surface area contributed by atoms with Gasteiger partial charge in [-0.1, -0.05) is 26.7 Å². The largest absolute Gasteiger partial charge is 0.198 e. The molecule has 0 saturated carbocycles. The molecule has 11 heavy (non-hydrogen) atoms. The summed E-state index contributed by atoms with van der Waals surface area (Å²) in [5.74, 6) is 0.963. The first kappa shape index (κ1) is 10.5. The molecule has 1 radical (unpaired) electrons. The average molecular weight is 152 g/mol. The van der Waals surface area contributed by atoms with E-state index in [4.69, 9.17) is 5.26 Å². The van der Waals surface area contributed by atoms with Crippen LogP contribution < -0.4 is 0 Å². The van der Waals surface area contributed by atoms with Gasteiger partial charge in [0.05, 0.1) is 6.07 Å². The first-order valence-corrected chi connectivity index (χ1v) is 4.39. The van der Waals surface area contributed by atoms with Gasteiger partial charge < -0.3 is 0 Å². The molecule has 0 bridgehead atoms. The highest BCUT2D eigenvalue weighted by Gasteiger charge is 2.04. The third kappa shape index (κ3) is 5.91. The molecule has 0 aromatic heterocycles. The Morgan fingerprint density at radius 3 is 2.36 bits per heavy atom. The van der Waals surface area contributed by atoms with Crippen molar-refractivity contribution in [2.45, 2.75) is 39.5 Å². The Bertz CT molecular complexity index is 123. The zero-order chi connectivity index (χ0) is 8.69. The molecule has 0 aliphatic heterocycles. The summed E-state index contributed by atoms with van der Waals surface area (Å²) in [4.78, 5) is 0. The van der Waals surface area contributed by atoms with E-state index in [1.54, 1.807) is 0 Å². The molecule has 0 amide bonds. The van der Waals surface area contributed by atoms with Crippen LogP contribution in [-0.4, -0.2) is 0 Å². The fourth-order valence-electron chi connectivity index (χ4n) is 1.09. The molecule has 2 atom stereocenters. The second-order valence-electron chi connectivity index (χ2n) is 3.35. The van der Waals surface area contributed by atoms with Crippen molar-refractivity contribution in [2.75, 3.05) is 0 Å². The van der Waals surface area contributed by atoms with Crippen molar-refractivity contribution in [2.24, 2.45) is 11.8 Å². The van der Waals surface area contributed by atoms with E-state index in [0.717, 1.165) is 18.8 Å². The summed E-state index contributed by atoms with van der Waals surface area (Å²) in [5, 5.41) is 8.52. The topological polar surface area (TPSA) is 23.8 Å². The van der Waals surface area contributed by atoms with Gasteiger partial charge in [-0.25, -0.2) is 0 Å². The van der Waals surface area contributed by atoms with Gasteiger partial charge >= 0.3 is 0 Å². The molecule has 0 fully saturated rings. The van der Waals surface area contributed by atoms with Crippen LogP contribution in [-0.2, 0) is 0 Å². The lowest BCUT2D eigenvalue weighted by Gasteiger charge is -2.09. The van der Waals surface area contributed by atoms with Crippen LogP contribution in [0.4, 0.5) is 0 Å². The van der Waals surface area contributed by atoms with Gasteiger partial charge in [-0.3, -0.25) is 0 Å². The van der Waals surface area contributed by atoms with E-state index in [1.807, 2.05) is 6.92 Å². The molecule has 0 rings (SSSR count). The first-order chi connectivity index (χ1) is 5.20. The van der Waals surface area contributed by atoms with Crippen molar-refractivity contribution in [1.29, 1.82) is 5.26 Å². The second-order valence-corrected chi connectivity index (χ2v) is 3.35. The maximum Gasteiger partial charge on any atom is 0.0652 e. The van der Waals surface area contributed by atoms with Gasteiger partial charge in [0, 0.05) is 5.92 Å².